The van der Waals surface area contributed by atoms with Gasteiger partial charge in [0.05, 0.1) is 19.1 Å². The summed E-state index contributed by atoms with van der Waals surface area (Å²) >= 11 is 0. The Morgan fingerprint density at radius 2 is 0.907 bits per heavy atom. The molecule has 14 atom stereocenters. The zero-order chi connectivity index (χ0) is 96.3. The number of guanidine groups is 3. The zero-order valence-corrected chi connectivity index (χ0v) is 74.9. The summed E-state index contributed by atoms with van der Waals surface area (Å²) in [6.45, 7) is 6.84. The minimum absolute atomic E-state index is 0.00345. The van der Waals surface area contributed by atoms with Crippen LogP contribution >= 0.6 is 0 Å². The third kappa shape index (κ3) is 39.1. The monoisotopic (exact) mass is 1820 g/mol. The molecule has 0 radical (unpaired) electrons. The fourth-order valence-corrected chi connectivity index (χ4v) is 15.3. The molecule has 2 saturated carbocycles. The van der Waals surface area contributed by atoms with Crippen LogP contribution in [0.15, 0.2) is 39.5 Å². The average molecular weight is 1820 g/mol. The Kier molecular flexibility index (Phi) is 47.0. The molecular formula is C82H140N28O19. The molecule has 1 aliphatic heterocycles. The van der Waals surface area contributed by atoms with Crippen LogP contribution in [-0.2, 0) is 87.9 Å². The molecule has 1 aromatic rings. The van der Waals surface area contributed by atoms with Crippen molar-refractivity contribution in [3.05, 3.63) is 30.1 Å². The standard InChI is InChI=1S/C82H140N28O19/c1-7-82(6,109-72(124)57(41-48-22-12-9-13-23-48)105-69(121)56(42-49-31-37-93-38-32-49)104-67(119)51(26-17-35-95-79(89)90)101-73(125)60-28-19-39-110(60)75(127)59(44-111)97-46(3)113)77(129)106-58(43-62(85)115)70(122)99-53(24-14-15-33-83)71(123)108-81(4,5)76(128)107-63(45(2)112)74(126)102-52(27-18-36-96-80(91)92)65(117)100-54(29-30-61(84)114)68(120)98-50(25-16-34-94-78(87)88)66(118)103-55(64(86)116)40-47-20-10-8-11-21-47/h31-32,37-38,45,47-48,50-60,63,111-112H,7-30,33-36,39-44,83H2,1-6H3,(H2,84,114)(H2,85,115)(H2,86,116)(H,97,113)(H,98,120)(H,99,122)(H,100,117)(H,101,125)(H,102,126)(H,103,118)(H,104,119)(H,105,121)(H,106,129)(H,107,128)(H,108,123)(H,109,124)(H4,87,88,94)(H4,89,90,95)(H4,91,92,96)/t45-,50+,51+,52+,53+,54+,55+,56+,57+,58+,59+,60-,63+,82+/m1/s1. The first-order valence-corrected chi connectivity index (χ1v) is 44.1. The third-order valence-corrected chi connectivity index (χ3v) is 22.7. The molecule has 129 heavy (non-hydrogen) atoms. The van der Waals surface area contributed by atoms with Crippen molar-refractivity contribution in [2.24, 2.45) is 84.1 Å². The van der Waals surface area contributed by atoms with Crippen molar-refractivity contribution in [3.63, 3.8) is 0 Å². The quantitative estimate of drug-likeness (QED) is 0.0164. The van der Waals surface area contributed by atoms with Gasteiger partial charge in [0.1, 0.15) is 83.6 Å². The first-order chi connectivity index (χ1) is 60.9. The number of aromatic nitrogens is 1. The normalized spacial score (nSPS) is 17.3. The van der Waals surface area contributed by atoms with E-state index in [1.54, 1.807) is 12.1 Å². The SMILES string of the molecule is CC[C@](C)(NC(=O)[C@H](CC1CCCCC1)NC(=O)[C@H](Cc1ccncc1)NC(=O)[C@H](CCCN=C(N)N)NC(=O)[C@H]1CCCN1C(=O)[C@H](CO)NC(C)=O)C(=O)N[C@@H](CC(N)=O)C(=O)N[C@@H](CCCCN)C(=O)NC(C)(C)C(=O)N[C@H](C(=O)N[C@@H](CCCN=C(N)N)C(=O)N[C@@H](CCC(N)=O)C(=O)N[C@@H](CCCN=C(N)N)C(=O)N[C@@H](CC1CCCCC1)C(N)=O)[C@@H](C)O. The van der Waals surface area contributed by atoms with Gasteiger partial charge < -0.3 is 142 Å². The van der Waals surface area contributed by atoms with Gasteiger partial charge in [-0.3, -0.25) is 101 Å². The molecule has 3 aliphatic rings. The Labute approximate surface area is 750 Å². The number of pyridine rings is 1. The van der Waals surface area contributed by atoms with E-state index in [1.165, 1.54) is 45.0 Å². The minimum Gasteiger partial charge on any atom is -0.394 e. The number of hydrogen-bond acceptors (Lipinski definition) is 24. The number of unbranched alkanes of at least 4 members (excludes halogenated alkanes) is 1. The second kappa shape index (κ2) is 55.5. The largest absolute Gasteiger partial charge is 0.394 e. The van der Waals surface area contributed by atoms with Crippen molar-refractivity contribution in [1.82, 2.24) is 79.0 Å². The van der Waals surface area contributed by atoms with Crippen LogP contribution in [0.3, 0.4) is 0 Å². The maximum Gasteiger partial charge on any atom is 0.248 e. The fourth-order valence-electron chi connectivity index (χ4n) is 15.3. The smallest absolute Gasteiger partial charge is 0.248 e. The average Bonchev–Trinajstić information content (AvgIpc) is 1.55. The van der Waals surface area contributed by atoms with E-state index in [1.807, 2.05) is 0 Å². The van der Waals surface area contributed by atoms with Crippen molar-refractivity contribution >= 4 is 118 Å². The Bertz CT molecular complexity index is 4040. The third-order valence-electron chi connectivity index (χ3n) is 22.7. The molecule has 35 N–H and O–H groups in total. The lowest BCUT2D eigenvalue weighted by Gasteiger charge is -2.34. The van der Waals surface area contributed by atoms with Gasteiger partial charge >= 0.3 is 0 Å². The van der Waals surface area contributed by atoms with Gasteiger partial charge in [-0.15, -0.1) is 0 Å². The van der Waals surface area contributed by atoms with Crippen molar-refractivity contribution in [1.29, 1.82) is 0 Å². The highest BCUT2D eigenvalue weighted by atomic mass is 16.3. The summed E-state index contributed by atoms with van der Waals surface area (Å²) < 4.78 is 0. The molecular weight excluding hydrogens is 1680 g/mol. The molecule has 722 valence electrons. The van der Waals surface area contributed by atoms with Crippen molar-refractivity contribution in [3.8, 4) is 0 Å². The van der Waals surface area contributed by atoms with Crippen LogP contribution in [-0.4, -0.2) is 267 Å². The van der Waals surface area contributed by atoms with E-state index in [2.05, 4.69) is 89.1 Å². The van der Waals surface area contributed by atoms with E-state index >= 15 is 9.59 Å². The number of aliphatic hydroxyl groups excluding tert-OH is 2. The second-order valence-corrected chi connectivity index (χ2v) is 33.9. The number of rotatable bonds is 57. The number of aliphatic hydroxyl groups is 2. The van der Waals surface area contributed by atoms with Crippen LogP contribution < -0.4 is 126 Å². The fraction of sp³-hybridized carbons (Fsp3) is 0.695. The van der Waals surface area contributed by atoms with E-state index in [-0.39, 0.29) is 152 Å². The predicted octanol–water partition coefficient (Wildman–Crippen LogP) is -7.62. The van der Waals surface area contributed by atoms with E-state index in [0.717, 1.165) is 65.2 Å². The topological polar surface area (TPSA) is 800 Å². The first-order valence-electron chi connectivity index (χ1n) is 44.1. The Hall–Kier alpha value is -12.2. The molecule has 1 saturated heterocycles. The molecule has 0 spiro atoms. The highest BCUT2D eigenvalue weighted by Gasteiger charge is 2.44. The van der Waals surface area contributed by atoms with Gasteiger partial charge in [-0.25, -0.2) is 0 Å². The minimum atomic E-state index is -2.06. The number of nitrogens with one attached hydrogen (secondary N) is 13. The number of hydrogen-bond donors (Lipinski definition) is 25. The van der Waals surface area contributed by atoms with E-state index < -0.39 is 216 Å². The molecule has 0 bridgehead atoms. The van der Waals surface area contributed by atoms with Gasteiger partial charge in [0.15, 0.2) is 17.9 Å². The van der Waals surface area contributed by atoms with Gasteiger partial charge in [0.2, 0.25) is 100 Å². The van der Waals surface area contributed by atoms with Crippen molar-refractivity contribution in [2.45, 2.75) is 311 Å². The summed E-state index contributed by atoms with van der Waals surface area (Å²) in [4.78, 5) is 256. The number of aliphatic imine (C=N–C) groups is 3. The van der Waals surface area contributed by atoms with Crippen LogP contribution in [0.2, 0.25) is 0 Å². The molecule has 2 aliphatic carbocycles. The maximum absolute atomic E-state index is 15.1. The van der Waals surface area contributed by atoms with Gasteiger partial charge in [0.25, 0.3) is 0 Å². The van der Waals surface area contributed by atoms with Crippen molar-refractivity contribution in [2.75, 3.05) is 39.3 Å². The van der Waals surface area contributed by atoms with Gasteiger partial charge in [-0.1, -0.05) is 71.1 Å². The highest BCUT2D eigenvalue weighted by molar-refractivity contribution is 6.02. The lowest BCUT2D eigenvalue weighted by molar-refractivity contribution is -0.143. The van der Waals surface area contributed by atoms with Gasteiger partial charge in [-0.2, -0.15) is 0 Å². The molecule has 0 unspecified atom stereocenters. The summed E-state index contributed by atoms with van der Waals surface area (Å²) in [6, 6.07) is -14.9. The molecule has 4 rings (SSSR count). The number of amides is 17. The molecule has 2 heterocycles. The van der Waals surface area contributed by atoms with Crippen LogP contribution in [0.5, 0.6) is 0 Å². The summed E-state index contributed by atoms with van der Waals surface area (Å²) in [7, 11) is 0. The summed E-state index contributed by atoms with van der Waals surface area (Å²) in [5.74, 6) is -16.9. The number of nitrogens with zero attached hydrogens (tertiary/aromatic N) is 5. The molecule has 3 fully saturated rings. The number of carbonyl (C=O) groups is 17. The number of likely N-dealkylation sites (tertiary alicyclic amines) is 1. The van der Waals surface area contributed by atoms with Crippen LogP contribution in [0.1, 0.15) is 220 Å². The van der Waals surface area contributed by atoms with Gasteiger partial charge in [-0.05, 0) is 160 Å². The predicted molar refractivity (Wildman–Crippen MR) is 474 cm³/mol. The molecule has 0 aromatic carbocycles. The van der Waals surface area contributed by atoms with Crippen LogP contribution in [0, 0.1) is 11.8 Å². The van der Waals surface area contributed by atoms with Crippen LogP contribution in [0.4, 0.5) is 0 Å². The second-order valence-electron chi connectivity index (χ2n) is 33.9. The molecule has 17 amide bonds. The Morgan fingerprint density at radius 3 is 1.36 bits per heavy atom. The molecule has 1 aromatic heterocycles. The van der Waals surface area contributed by atoms with Gasteiger partial charge in [0, 0.05) is 58.3 Å². The zero-order valence-electron chi connectivity index (χ0n) is 74.9. The van der Waals surface area contributed by atoms with E-state index in [9.17, 15) is 82.1 Å². The number of primary amides is 3. The molecule has 47 heteroatoms. The van der Waals surface area contributed by atoms with E-state index in [0.29, 0.717) is 24.8 Å². The summed E-state index contributed by atoms with van der Waals surface area (Å²) in [6.07, 6.45) is 7.87. The number of carbonyl (C=O) groups excluding carboxylic acids is 17. The maximum atomic E-state index is 15.1. The summed E-state index contributed by atoms with van der Waals surface area (Å²) in [5.41, 5.74) is 52.7. The Morgan fingerprint density at radius 1 is 0.473 bits per heavy atom. The van der Waals surface area contributed by atoms with Crippen LogP contribution in [0.25, 0.3) is 0 Å². The lowest BCUT2D eigenvalue weighted by atomic mass is 9.84. The van der Waals surface area contributed by atoms with Crippen molar-refractivity contribution < 1.29 is 91.7 Å². The highest BCUT2D eigenvalue weighted by Crippen LogP contribution is 2.30. The number of nitrogens with two attached hydrogens (primary N) is 10. The first kappa shape index (κ1) is 109. The molecule has 47 nitrogen and oxygen atoms in total. The summed E-state index contributed by atoms with van der Waals surface area (Å²) in [5, 5.41) is 54.7. The Balaban J connectivity index is 1.61. The lowest BCUT2D eigenvalue weighted by Crippen LogP contribution is -2.65. The van der Waals surface area contributed by atoms with E-state index in [4.69, 9.17) is 57.3 Å².